The standard InChI is InChI=1S/C25H28N2O5S/c1-16(23(29)30)26-22(28)14-25(10-12-33-13-11-25)27-24(31)32-15-21-19-8-4-2-6-17(19)18-7-3-5-9-20(18)21/h2-9,16,21H,10-15H2,1H3,(H,26,28)(H,27,31)(H,29,30). The first kappa shape index (κ1) is 23.2. The molecule has 2 aromatic rings. The van der Waals surface area contributed by atoms with E-state index in [4.69, 9.17) is 9.84 Å². The molecule has 3 N–H and O–H groups in total. The summed E-state index contributed by atoms with van der Waals surface area (Å²) in [5.74, 6) is 0.0918. The Morgan fingerprint density at radius 3 is 2.21 bits per heavy atom. The van der Waals surface area contributed by atoms with Crippen molar-refractivity contribution in [3.8, 4) is 11.1 Å². The van der Waals surface area contributed by atoms with E-state index >= 15 is 0 Å². The lowest BCUT2D eigenvalue weighted by Gasteiger charge is -2.37. The molecule has 1 atom stereocenters. The number of hydrogen-bond donors (Lipinski definition) is 3. The van der Waals surface area contributed by atoms with E-state index < -0.39 is 29.6 Å². The molecule has 1 aliphatic carbocycles. The van der Waals surface area contributed by atoms with E-state index in [0.29, 0.717) is 12.8 Å². The molecule has 2 aromatic carbocycles. The Morgan fingerprint density at radius 2 is 1.64 bits per heavy atom. The van der Waals surface area contributed by atoms with Gasteiger partial charge in [0.25, 0.3) is 0 Å². The molecule has 33 heavy (non-hydrogen) atoms. The minimum atomic E-state index is -1.10. The fourth-order valence-electron chi connectivity index (χ4n) is 4.62. The van der Waals surface area contributed by atoms with E-state index in [0.717, 1.165) is 33.8 Å². The zero-order chi connectivity index (χ0) is 23.4. The van der Waals surface area contributed by atoms with E-state index in [-0.39, 0.29) is 18.9 Å². The topological polar surface area (TPSA) is 105 Å². The Morgan fingerprint density at radius 1 is 1.06 bits per heavy atom. The maximum atomic E-state index is 12.8. The van der Waals surface area contributed by atoms with Gasteiger partial charge < -0.3 is 20.5 Å². The molecule has 0 saturated carbocycles. The molecular formula is C25H28N2O5S. The Hall–Kier alpha value is -3.00. The summed E-state index contributed by atoms with van der Waals surface area (Å²) < 4.78 is 5.69. The summed E-state index contributed by atoms with van der Waals surface area (Å²) in [6, 6.07) is 15.3. The number of carboxylic acid groups (broad SMARTS) is 1. The van der Waals surface area contributed by atoms with Gasteiger partial charge in [0.1, 0.15) is 12.6 Å². The predicted molar refractivity (Wildman–Crippen MR) is 127 cm³/mol. The lowest BCUT2D eigenvalue weighted by atomic mass is 9.88. The fraction of sp³-hybridized carbons (Fsp3) is 0.400. The van der Waals surface area contributed by atoms with E-state index in [2.05, 4.69) is 34.9 Å². The van der Waals surface area contributed by atoms with Crippen LogP contribution in [0.4, 0.5) is 4.79 Å². The average molecular weight is 469 g/mol. The Labute approximate surface area is 197 Å². The van der Waals surface area contributed by atoms with E-state index in [1.165, 1.54) is 6.92 Å². The lowest BCUT2D eigenvalue weighted by Crippen LogP contribution is -2.54. The number of aliphatic carboxylic acids is 1. The smallest absolute Gasteiger partial charge is 0.407 e. The second kappa shape index (κ2) is 9.87. The van der Waals surface area contributed by atoms with Crippen LogP contribution in [0.1, 0.15) is 43.2 Å². The van der Waals surface area contributed by atoms with Crippen LogP contribution in [0.15, 0.2) is 48.5 Å². The number of nitrogens with one attached hydrogen (secondary N) is 2. The maximum Gasteiger partial charge on any atom is 0.407 e. The van der Waals surface area contributed by atoms with E-state index in [1.807, 2.05) is 24.3 Å². The molecule has 2 aliphatic rings. The van der Waals surface area contributed by atoms with Crippen LogP contribution in [0.25, 0.3) is 11.1 Å². The Balaban J connectivity index is 1.42. The summed E-state index contributed by atoms with van der Waals surface area (Å²) in [4.78, 5) is 36.4. The lowest BCUT2D eigenvalue weighted by molar-refractivity contribution is -0.141. The van der Waals surface area contributed by atoms with Crippen molar-refractivity contribution in [2.45, 2.75) is 43.7 Å². The number of fused-ring (bicyclic) bond motifs is 3. The van der Waals surface area contributed by atoms with Crippen LogP contribution in [0.3, 0.4) is 0 Å². The van der Waals surface area contributed by atoms with Crippen LogP contribution in [-0.2, 0) is 14.3 Å². The Bertz CT molecular complexity index is 1010. The number of thioether (sulfide) groups is 1. The number of rotatable bonds is 7. The number of benzene rings is 2. The third-order valence-corrected chi connectivity index (χ3v) is 7.39. The van der Waals surface area contributed by atoms with Gasteiger partial charge in [-0.25, -0.2) is 4.79 Å². The van der Waals surface area contributed by atoms with Gasteiger partial charge >= 0.3 is 12.1 Å². The molecule has 8 heteroatoms. The van der Waals surface area contributed by atoms with Crippen molar-refractivity contribution in [1.29, 1.82) is 0 Å². The van der Waals surface area contributed by atoms with Crippen molar-refractivity contribution in [3.63, 3.8) is 0 Å². The fourth-order valence-corrected chi connectivity index (χ4v) is 5.89. The molecule has 0 radical (unpaired) electrons. The quantitative estimate of drug-likeness (QED) is 0.571. The first-order chi connectivity index (χ1) is 15.9. The zero-order valence-electron chi connectivity index (χ0n) is 18.5. The summed E-state index contributed by atoms with van der Waals surface area (Å²) in [6.07, 6.45) is 0.714. The summed E-state index contributed by atoms with van der Waals surface area (Å²) in [7, 11) is 0. The highest BCUT2D eigenvalue weighted by atomic mass is 32.2. The normalized spacial score (nSPS) is 17.4. The molecule has 174 valence electrons. The van der Waals surface area contributed by atoms with Crippen molar-refractivity contribution in [2.75, 3.05) is 18.1 Å². The van der Waals surface area contributed by atoms with Gasteiger partial charge in [-0.2, -0.15) is 11.8 Å². The number of carbonyl (C=O) groups is 3. The third kappa shape index (κ3) is 5.16. The first-order valence-electron chi connectivity index (χ1n) is 11.1. The van der Waals surface area contributed by atoms with E-state index in [1.54, 1.807) is 11.8 Å². The minimum absolute atomic E-state index is 0.0232. The molecule has 0 bridgehead atoms. The van der Waals surface area contributed by atoms with Crippen molar-refractivity contribution >= 4 is 29.7 Å². The van der Waals surface area contributed by atoms with Crippen molar-refractivity contribution < 1.29 is 24.2 Å². The van der Waals surface area contributed by atoms with Gasteiger partial charge in [0.2, 0.25) is 5.91 Å². The van der Waals surface area contributed by atoms with Crippen molar-refractivity contribution in [2.24, 2.45) is 0 Å². The van der Waals surface area contributed by atoms with Crippen LogP contribution >= 0.6 is 11.8 Å². The van der Waals surface area contributed by atoms with Crippen LogP contribution in [-0.4, -0.2) is 52.8 Å². The molecule has 4 rings (SSSR count). The number of ether oxygens (including phenoxy) is 1. The van der Waals surface area contributed by atoms with Crippen LogP contribution < -0.4 is 10.6 Å². The zero-order valence-corrected chi connectivity index (χ0v) is 19.3. The highest BCUT2D eigenvalue weighted by Crippen LogP contribution is 2.44. The van der Waals surface area contributed by atoms with Gasteiger partial charge in [-0.3, -0.25) is 9.59 Å². The second-order valence-electron chi connectivity index (χ2n) is 8.65. The molecule has 1 fully saturated rings. The molecule has 0 spiro atoms. The van der Waals surface area contributed by atoms with Crippen LogP contribution in [0.2, 0.25) is 0 Å². The van der Waals surface area contributed by atoms with Gasteiger partial charge in [0.05, 0.1) is 5.54 Å². The van der Waals surface area contributed by atoms with Crippen LogP contribution in [0.5, 0.6) is 0 Å². The molecule has 2 amide bonds. The first-order valence-corrected chi connectivity index (χ1v) is 12.3. The Kier molecular flexibility index (Phi) is 6.93. The summed E-state index contributed by atoms with van der Waals surface area (Å²) in [5.41, 5.74) is 3.85. The number of alkyl carbamates (subject to hydrolysis) is 1. The van der Waals surface area contributed by atoms with Crippen LogP contribution in [0, 0.1) is 0 Å². The van der Waals surface area contributed by atoms with Gasteiger partial charge in [-0.05, 0) is 53.5 Å². The molecule has 1 saturated heterocycles. The number of carbonyl (C=O) groups excluding carboxylic acids is 2. The van der Waals surface area contributed by atoms with E-state index in [9.17, 15) is 14.4 Å². The highest BCUT2D eigenvalue weighted by molar-refractivity contribution is 7.99. The van der Waals surface area contributed by atoms with Gasteiger partial charge in [0, 0.05) is 12.3 Å². The maximum absolute atomic E-state index is 12.8. The molecule has 1 aliphatic heterocycles. The molecule has 0 aromatic heterocycles. The average Bonchev–Trinajstić information content (AvgIpc) is 3.11. The SMILES string of the molecule is CC(NC(=O)CC1(NC(=O)OCC2c3ccccc3-c3ccccc32)CCSCC1)C(=O)O. The summed E-state index contributed by atoms with van der Waals surface area (Å²) in [5, 5.41) is 14.5. The molecular weight excluding hydrogens is 440 g/mol. The van der Waals surface area contributed by atoms with Gasteiger partial charge in [-0.1, -0.05) is 48.5 Å². The molecule has 1 unspecified atom stereocenters. The third-order valence-electron chi connectivity index (χ3n) is 6.41. The predicted octanol–water partition coefficient (Wildman–Crippen LogP) is 3.77. The monoisotopic (exact) mass is 468 g/mol. The largest absolute Gasteiger partial charge is 0.480 e. The second-order valence-corrected chi connectivity index (χ2v) is 9.87. The summed E-state index contributed by atoms with van der Waals surface area (Å²) >= 11 is 1.77. The number of carboxylic acids is 1. The molecule has 7 nitrogen and oxygen atoms in total. The van der Waals surface area contributed by atoms with Crippen molar-refractivity contribution in [3.05, 3.63) is 59.7 Å². The van der Waals surface area contributed by atoms with Gasteiger partial charge in [0.15, 0.2) is 0 Å². The van der Waals surface area contributed by atoms with Crippen molar-refractivity contribution in [1.82, 2.24) is 10.6 Å². The number of amides is 2. The summed E-state index contributed by atoms with van der Waals surface area (Å²) in [6.45, 7) is 1.62. The van der Waals surface area contributed by atoms with Gasteiger partial charge in [-0.15, -0.1) is 0 Å². The molecule has 1 heterocycles. The highest BCUT2D eigenvalue weighted by Gasteiger charge is 2.38. The number of hydrogen-bond acceptors (Lipinski definition) is 5. The minimum Gasteiger partial charge on any atom is -0.480 e.